The number of anilines is 1. The Morgan fingerprint density at radius 2 is 2.12 bits per heavy atom. The Bertz CT molecular complexity index is 326. The summed E-state index contributed by atoms with van der Waals surface area (Å²) in [6, 6.07) is 6.84. The molecule has 90 valence electrons. The van der Waals surface area contributed by atoms with Crippen LogP contribution in [0.2, 0.25) is 0 Å². The fourth-order valence-corrected chi connectivity index (χ4v) is 1.77. The summed E-state index contributed by atoms with van der Waals surface area (Å²) < 4.78 is 5.43. The highest BCUT2D eigenvalue weighted by molar-refractivity contribution is 5.59. The van der Waals surface area contributed by atoms with Crippen LogP contribution in [0.25, 0.3) is 0 Å². The van der Waals surface area contributed by atoms with Gasteiger partial charge in [-0.3, -0.25) is 0 Å². The summed E-state index contributed by atoms with van der Waals surface area (Å²) in [7, 11) is 0. The number of hydrogen-bond acceptors (Lipinski definition) is 3. The van der Waals surface area contributed by atoms with E-state index < -0.39 is 0 Å². The van der Waals surface area contributed by atoms with Crippen molar-refractivity contribution in [2.75, 3.05) is 18.5 Å². The van der Waals surface area contributed by atoms with Gasteiger partial charge in [-0.1, -0.05) is 6.07 Å². The number of ether oxygens (including phenoxy) is 1. The maximum absolute atomic E-state index is 7.57. The molecule has 1 aliphatic heterocycles. The van der Waals surface area contributed by atoms with Gasteiger partial charge < -0.3 is 15.2 Å². The molecule has 0 bridgehead atoms. The van der Waals surface area contributed by atoms with Crippen molar-refractivity contribution in [2.45, 2.75) is 33.2 Å². The number of nitrogens with one attached hydrogen (secondary N) is 1. The van der Waals surface area contributed by atoms with Crippen LogP contribution in [0.5, 0.6) is 5.75 Å². The zero-order chi connectivity index (χ0) is 12.0. The molecule has 0 fully saturated rings. The minimum Gasteiger partial charge on any atom is -0.494 e. The van der Waals surface area contributed by atoms with Gasteiger partial charge in [0.2, 0.25) is 0 Å². The van der Waals surface area contributed by atoms with Gasteiger partial charge in [0.05, 0.1) is 6.61 Å². The number of rotatable bonds is 2. The predicted octanol–water partition coefficient (Wildman–Crippen LogP) is 2.44. The molecule has 2 N–H and O–H groups in total. The lowest BCUT2D eigenvalue weighted by Crippen LogP contribution is -2.08. The monoisotopic (exact) mass is 223 g/mol. The molecule has 0 spiro atoms. The van der Waals surface area contributed by atoms with Crippen LogP contribution < -0.4 is 10.1 Å². The Hall–Kier alpha value is -1.22. The molecule has 1 atom stereocenters. The van der Waals surface area contributed by atoms with E-state index in [2.05, 4.69) is 24.4 Å². The molecule has 0 amide bonds. The molecule has 0 saturated heterocycles. The number of hydrogen-bond donors (Lipinski definition) is 2. The molecule has 16 heavy (non-hydrogen) atoms. The van der Waals surface area contributed by atoms with Crippen molar-refractivity contribution in [3.05, 3.63) is 23.8 Å². The van der Waals surface area contributed by atoms with E-state index in [4.69, 9.17) is 9.84 Å². The van der Waals surface area contributed by atoms with Crippen molar-refractivity contribution in [3.63, 3.8) is 0 Å². The molecule has 1 unspecified atom stereocenters. The number of benzene rings is 1. The first-order chi connectivity index (χ1) is 7.71. The average Bonchev–Trinajstić information content (AvgIpc) is 2.59. The van der Waals surface area contributed by atoms with Crippen molar-refractivity contribution >= 4 is 5.69 Å². The second-order valence-corrected chi connectivity index (χ2v) is 3.82. The topological polar surface area (TPSA) is 41.5 Å². The smallest absolute Gasteiger partial charge is 0.121 e. The Morgan fingerprint density at radius 3 is 2.75 bits per heavy atom. The molecule has 0 aromatic heterocycles. The van der Waals surface area contributed by atoms with Crippen LogP contribution in [0.4, 0.5) is 5.69 Å². The van der Waals surface area contributed by atoms with Crippen molar-refractivity contribution in [3.8, 4) is 5.75 Å². The molecule has 2 rings (SSSR count). The Labute approximate surface area is 97.4 Å². The van der Waals surface area contributed by atoms with E-state index in [-0.39, 0.29) is 6.61 Å². The minimum atomic E-state index is 0.250. The lowest BCUT2D eigenvalue weighted by atomic mass is 10.1. The fraction of sp³-hybridized carbons (Fsp3) is 0.538. The van der Waals surface area contributed by atoms with Gasteiger partial charge in [0.15, 0.2) is 0 Å². The van der Waals surface area contributed by atoms with E-state index in [9.17, 15) is 0 Å². The molecule has 0 saturated carbocycles. The summed E-state index contributed by atoms with van der Waals surface area (Å²) >= 11 is 0. The molecule has 3 nitrogen and oxygen atoms in total. The van der Waals surface area contributed by atoms with Gasteiger partial charge in [-0.15, -0.1) is 0 Å². The maximum Gasteiger partial charge on any atom is 0.121 e. The number of fused-ring (bicyclic) bond motifs is 1. The Morgan fingerprint density at radius 1 is 1.44 bits per heavy atom. The summed E-state index contributed by atoms with van der Waals surface area (Å²) in [6.07, 6.45) is 1.13. The molecule has 1 aromatic rings. The van der Waals surface area contributed by atoms with Gasteiger partial charge in [-0.2, -0.15) is 0 Å². The SMILES string of the molecule is CCO.CCOc1ccc2c(c1)NC(C)C2. The summed E-state index contributed by atoms with van der Waals surface area (Å²) in [5, 5.41) is 11.0. The molecule has 1 aromatic carbocycles. The van der Waals surface area contributed by atoms with Crippen molar-refractivity contribution in [2.24, 2.45) is 0 Å². The summed E-state index contributed by atoms with van der Waals surface area (Å²) in [5.74, 6) is 0.961. The zero-order valence-corrected chi connectivity index (χ0v) is 10.3. The zero-order valence-electron chi connectivity index (χ0n) is 10.3. The standard InChI is InChI=1S/C11H15NO.C2H6O/c1-3-13-10-5-4-9-6-8(2)12-11(9)7-10;1-2-3/h4-5,7-8,12H,3,6H2,1-2H3;3H,2H2,1H3. The first-order valence-corrected chi connectivity index (χ1v) is 5.84. The molecule has 1 aliphatic rings. The van der Waals surface area contributed by atoms with Gasteiger partial charge in [-0.25, -0.2) is 0 Å². The third kappa shape index (κ3) is 3.42. The van der Waals surface area contributed by atoms with Crippen LogP contribution in [0.1, 0.15) is 26.3 Å². The van der Waals surface area contributed by atoms with Gasteiger partial charge in [0.1, 0.15) is 5.75 Å². The van der Waals surface area contributed by atoms with Crippen LogP contribution in [0.15, 0.2) is 18.2 Å². The van der Waals surface area contributed by atoms with Crippen LogP contribution in [0.3, 0.4) is 0 Å². The summed E-state index contributed by atoms with van der Waals surface area (Å²) in [4.78, 5) is 0. The molecule has 1 heterocycles. The summed E-state index contributed by atoms with van der Waals surface area (Å²) in [5.41, 5.74) is 2.63. The second kappa shape index (κ2) is 6.38. The Kier molecular flexibility index (Phi) is 5.12. The van der Waals surface area contributed by atoms with Gasteiger partial charge in [0.25, 0.3) is 0 Å². The van der Waals surface area contributed by atoms with E-state index in [1.807, 2.05) is 13.0 Å². The van der Waals surface area contributed by atoms with Gasteiger partial charge in [0, 0.05) is 24.4 Å². The average molecular weight is 223 g/mol. The van der Waals surface area contributed by atoms with Gasteiger partial charge in [-0.05, 0) is 38.8 Å². The predicted molar refractivity (Wildman–Crippen MR) is 67.2 cm³/mol. The normalized spacial score (nSPS) is 16.9. The molecular formula is C13H21NO2. The summed E-state index contributed by atoms with van der Waals surface area (Å²) in [6.45, 7) is 6.86. The van der Waals surface area contributed by atoms with E-state index in [1.54, 1.807) is 6.92 Å². The molecule has 0 aliphatic carbocycles. The van der Waals surface area contributed by atoms with Crippen molar-refractivity contribution in [1.82, 2.24) is 0 Å². The van der Waals surface area contributed by atoms with E-state index in [1.165, 1.54) is 11.3 Å². The highest BCUT2D eigenvalue weighted by Crippen LogP contribution is 2.29. The van der Waals surface area contributed by atoms with Gasteiger partial charge >= 0.3 is 0 Å². The third-order valence-electron chi connectivity index (χ3n) is 2.32. The highest BCUT2D eigenvalue weighted by atomic mass is 16.5. The fourth-order valence-electron chi connectivity index (χ4n) is 1.77. The molecule has 3 heteroatoms. The first-order valence-electron chi connectivity index (χ1n) is 5.84. The van der Waals surface area contributed by atoms with Crippen molar-refractivity contribution in [1.29, 1.82) is 0 Å². The quantitative estimate of drug-likeness (QED) is 0.809. The number of aliphatic hydroxyl groups is 1. The largest absolute Gasteiger partial charge is 0.494 e. The maximum atomic E-state index is 7.57. The van der Waals surface area contributed by atoms with Crippen LogP contribution >= 0.6 is 0 Å². The van der Waals surface area contributed by atoms with E-state index in [0.717, 1.165) is 18.8 Å². The lowest BCUT2D eigenvalue weighted by Gasteiger charge is -2.05. The molecular weight excluding hydrogens is 202 g/mol. The first kappa shape index (κ1) is 12.8. The van der Waals surface area contributed by atoms with Crippen molar-refractivity contribution < 1.29 is 9.84 Å². The number of aliphatic hydroxyl groups excluding tert-OH is 1. The Balaban J connectivity index is 0.000000386. The second-order valence-electron chi connectivity index (χ2n) is 3.82. The molecule has 0 radical (unpaired) electrons. The minimum absolute atomic E-state index is 0.250. The third-order valence-corrected chi connectivity index (χ3v) is 2.32. The van der Waals surface area contributed by atoms with Crippen LogP contribution in [0, 0.1) is 0 Å². The van der Waals surface area contributed by atoms with E-state index >= 15 is 0 Å². The lowest BCUT2D eigenvalue weighted by molar-refractivity contribution is 0.318. The van der Waals surface area contributed by atoms with E-state index in [0.29, 0.717) is 6.04 Å². The van der Waals surface area contributed by atoms with Crippen LogP contribution in [-0.4, -0.2) is 24.4 Å². The highest BCUT2D eigenvalue weighted by Gasteiger charge is 2.16. The van der Waals surface area contributed by atoms with Crippen LogP contribution in [-0.2, 0) is 6.42 Å².